The SMILES string of the molecule is CCOc1cc(/C=C(\C#N)c2ccccn2)ccc1O. The second kappa shape index (κ2) is 6.39. The molecule has 2 rings (SSSR count). The molecule has 0 amide bonds. The highest BCUT2D eigenvalue weighted by molar-refractivity contribution is 5.88. The fourth-order valence-corrected chi connectivity index (χ4v) is 1.74. The van der Waals surface area contributed by atoms with E-state index >= 15 is 0 Å². The van der Waals surface area contributed by atoms with Gasteiger partial charge in [-0.3, -0.25) is 4.98 Å². The molecule has 0 aliphatic carbocycles. The summed E-state index contributed by atoms with van der Waals surface area (Å²) in [7, 11) is 0. The van der Waals surface area contributed by atoms with Crippen molar-refractivity contribution < 1.29 is 9.84 Å². The van der Waals surface area contributed by atoms with E-state index in [0.717, 1.165) is 5.56 Å². The smallest absolute Gasteiger partial charge is 0.161 e. The molecule has 0 atom stereocenters. The van der Waals surface area contributed by atoms with Crippen LogP contribution in [0.15, 0.2) is 42.6 Å². The Labute approximate surface area is 117 Å². The first-order valence-electron chi connectivity index (χ1n) is 6.23. The largest absolute Gasteiger partial charge is 0.504 e. The molecule has 0 saturated carbocycles. The summed E-state index contributed by atoms with van der Waals surface area (Å²) in [4.78, 5) is 4.15. The third-order valence-corrected chi connectivity index (χ3v) is 2.66. The summed E-state index contributed by atoms with van der Waals surface area (Å²) in [5, 5.41) is 18.9. The third kappa shape index (κ3) is 3.15. The van der Waals surface area contributed by atoms with Gasteiger partial charge in [-0.2, -0.15) is 5.26 Å². The highest BCUT2D eigenvalue weighted by atomic mass is 16.5. The van der Waals surface area contributed by atoms with Gasteiger partial charge in [0.15, 0.2) is 11.5 Å². The lowest BCUT2D eigenvalue weighted by molar-refractivity contribution is 0.318. The van der Waals surface area contributed by atoms with E-state index in [0.29, 0.717) is 23.6 Å². The second-order valence-electron chi connectivity index (χ2n) is 4.04. The van der Waals surface area contributed by atoms with Gasteiger partial charge in [0.2, 0.25) is 0 Å². The average Bonchev–Trinajstić information content (AvgIpc) is 2.49. The molecule has 0 aliphatic rings. The number of aromatic nitrogens is 1. The topological polar surface area (TPSA) is 66.1 Å². The van der Waals surface area contributed by atoms with Gasteiger partial charge in [0, 0.05) is 6.20 Å². The number of allylic oxidation sites excluding steroid dienone is 1. The maximum absolute atomic E-state index is 9.65. The lowest BCUT2D eigenvalue weighted by atomic mass is 10.1. The van der Waals surface area contributed by atoms with Gasteiger partial charge in [0.1, 0.15) is 6.07 Å². The summed E-state index contributed by atoms with van der Waals surface area (Å²) >= 11 is 0. The zero-order chi connectivity index (χ0) is 14.4. The molecule has 0 bridgehead atoms. The zero-order valence-electron chi connectivity index (χ0n) is 11.1. The predicted octanol–water partition coefficient (Wildman–Crippen LogP) is 3.25. The molecule has 0 aliphatic heterocycles. The average molecular weight is 266 g/mol. The highest BCUT2D eigenvalue weighted by Crippen LogP contribution is 2.28. The number of phenolic OH excluding ortho intramolecular Hbond substituents is 1. The molecule has 1 aromatic carbocycles. The van der Waals surface area contributed by atoms with Crippen LogP contribution in [0, 0.1) is 11.3 Å². The Hall–Kier alpha value is -2.80. The number of hydrogen-bond donors (Lipinski definition) is 1. The molecule has 1 N–H and O–H groups in total. The van der Waals surface area contributed by atoms with Gasteiger partial charge in [-0.05, 0) is 42.8 Å². The van der Waals surface area contributed by atoms with E-state index in [2.05, 4.69) is 11.1 Å². The number of rotatable bonds is 4. The van der Waals surface area contributed by atoms with Crippen LogP contribution in [-0.4, -0.2) is 16.7 Å². The number of phenols is 1. The van der Waals surface area contributed by atoms with Crippen molar-refractivity contribution in [3.63, 3.8) is 0 Å². The van der Waals surface area contributed by atoms with Gasteiger partial charge in [-0.25, -0.2) is 0 Å². The van der Waals surface area contributed by atoms with Gasteiger partial charge in [-0.15, -0.1) is 0 Å². The van der Waals surface area contributed by atoms with Gasteiger partial charge in [0.05, 0.1) is 17.9 Å². The Morgan fingerprint density at radius 1 is 1.40 bits per heavy atom. The Kier molecular flexibility index (Phi) is 4.35. The number of nitriles is 1. The Balaban J connectivity index is 2.38. The Morgan fingerprint density at radius 2 is 2.25 bits per heavy atom. The van der Waals surface area contributed by atoms with Crippen LogP contribution in [0.4, 0.5) is 0 Å². The first-order valence-corrected chi connectivity index (χ1v) is 6.23. The van der Waals surface area contributed by atoms with Gasteiger partial charge >= 0.3 is 0 Å². The number of hydrogen-bond acceptors (Lipinski definition) is 4. The van der Waals surface area contributed by atoms with Crippen molar-refractivity contribution in [3.8, 4) is 17.6 Å². The summed E-state index contributed by atoms with van der Waals surface area (Å²) in [5.41, 5.74) is 1.84. The molecule has 0 spiro atoms. The van der Waals surface area contributed by atoms with Crippen molar-refractivity contribution in [2.45, 2.75) is 6.92 Å². The molecule has 2 aromatic rings. The van der Waals surface area contributed by atoms with Crippen molar-refractivity contribution >= 4 is 11.6 Å². The fourth-order valence-electron chi connectivity index (χ4n) is 1.74. The number of nitrogens with zero attached hydrogens (tertiary/aromatic N) is 2. The minimum atomic E-state index is 0.0837. The van der Waals surface area contributed by atoms with Crippen molar-refractivity contribution in [1.82, 2.24) is 4.98 Å². The maximum atomic E-state index is 9.65. The van der Waals surface area contributed by atoms with Crippen molar-refractivity contribution in [2.24, 2.45) is 0 Å². The normalized spacial score (nSPS) is 10.9. The van der Waals surface area contributed by atoms with Crippen molar-refractivity contribution in [2.75, 3.05) is 6.61 Å². The minimum Gasteiger partial charge on any atom is -0.504 e. The number of benzene rings is 1. The molecule has 0 saturated heterocycles. The first kappa shape index (κ1) is 13.6. The standard InChI is InChI=1S/C16H14N2O2/c1-2-20-16-10-12(6-7-15(16)19)9-13(11-17)14-5-3-4-8-18-14/h3-10,19H,2H2,1H3/b13-9+. The van der Waals surface area contributed by atoms with Crippen LogP contribution in [0.2, 0.25) is 0 Å². The Bertz CT molecular complexity index is 658. The maximum Gasteiger partial charge on any atom is 0.161 e. The van der Waals surface area contributed by atoms with Crippen LogP contribution in [0.1, 0.15) is 18.2 Å². The molecule has 100 valence electrons. The van der Waals surface area contributed by atoms with Crippen LogP contribution in [0.5, 0.6) is 11.5 Å². The molecular weight excluding hydrogens is 252 g/mol. The van der Waals surface area contributed by atoms with E-state index in [4.69, 9.17) is 4.74 Å². The van der Waals surface area contributed by atoms with E-state index in [1.807, 2.05) is 13.0 Å². The van der Waals surface area contributed by atoms with Gasteiger partial charge in [0.25, 0.3) is 0 Å². The third-order valence-electron chi connectivity index (χ3n) is 2.66. The van der Waals surface area contributed by atoms with Crippen LogP contribution >= 0.6 is 0 Å². The molecule has 0 fully saturated rings. The Morgan fingerprint density at radius 3 is 2.90 bits per heavy atom. The van der Waals surface area contributed by atoms with Crippen LogP contribution < -0.4 is 4.74 Å². The number of pyridine rings is 1. The van der Waals surface area contributed by atoms with E-state index in [9.17, 15) is 10.4 Å². The zero-order valence-corrected chi connectivity index (χ0v) is 11.1. The van der Waals surface area contributed by atoms with E-state index in [1.165, 1.54) is 0 Å². The quantitative estimate of drug-likeness (QED) is 0.863. The van der Waals surface area contributed by atoms with Crippen LogP contribution in [0.3, 0.4) is 0 Å². The van der Waals surface area contributed by atoms with Gasteiger partial charge in [-0.1, -0.05) is 12.1 Å². The molecular formula is C16H14N2O2. The summed E-state index contributed by atoms with van der Waals surface area (Å²) in [6, 6.07) is 12.5. The fraction of sp³-hybridized carbons (Fsp3) is 0.125. The lowest BCUT2D eigenvalue weighted by Crippen LogP contribution is -1.92. The molecule has 1 heterocycles. The molecule has 1 aromatic heterocycles. The molecule has 20 heavy (non-hydrogen) atoms. The van der Waals surface area contributed by atoms with E-state index in [-0.39, 0.29) is 5.75 Å². The van der Waals surface area contributed by atoms with Crippen LogP contribution in [0.25, 0.3) is 11.6 Å². The van der Waals surface area contributed by atoms with Crippen molar-refractivity contribution in [1.29, 1.82) is 5.26 Å². The predicted molar refractivity (Wildman–Crippen MR) is 77.0 cm³/mol. The van der Waals surface area contributed by atoms with E-state index < -0.39 is 0 Å². The molecule has 4 heteroatoms. The highest BCUT2D eigenvalue weighted by Gasteiger charge is 2.05. The number of ether oxygens (including phenoxy) is 1. The van der Waals surface area contributed by atoms with E-state index in [1.54, 1.807) is 42.6 Å². The monoisotopic (exact) mass is 266 g/mol. The molecule has 0 unspecified atom stereocenters. The van der Waals surface area contributed by atoms with Gasteiger partial charge < -0.3 is 9.84 Å². The first-order chi connectivity index (χ1) is 9.74. The lowest BCUT2D eigenvalue weighted by Gasteiger charge is -2.06. The summed E-state index contributed by atoms with van der Waals surface area (Å²) in [5.74, 6) is 0.486. The van der Waals surface area contributed by atoms with Crippen molar-refractivity contribution in [3.05, 3.63) is 53.9 Å². The molecule has 4 nitrogen and oxygen atoms in total. The minimum absolute atomic E-state index is 0.0837. The summed E-state index contributed by atoms with van der Waals surface area (Å²) in [6.45, 7) is 2.31. The second-order valence-corrected chi connectivity index (χ2v) is 4.04. The number of aromatic hydroxyl groups is 1. The molecule has 0 radical (unpaired) electrons. The van der Waals surface area contributed by atoms with Crippen LogP contribution in [-0.2, 0) is 0 Å². The summed E-state index contributed by atoms with van der Waals surface area (Å²) in [6.07, 6.45) is 3.35. The summed E-state index contributed by atoms with van der Waals surface area (Å²) < 4.78 is 5.32.